The van der Waals surface area contributed by atoms with Crippen molar-refractivity contribution in [2.45, 2.75) is 31.6 Å². The average molecular weight is 329 g/mol. The first-order chi connectivity index (χ1) is 12.3. The number of allylic oxidation sites excluding steroid dienone is 1. The SMILES string of the molecule is O=C1CCCCC1C(/C=C/c1ccccc1)c1c[nH]c2ccccc12. The summed E-state index contributed by atoms with van der Waals surface area (Å²) < 4.78 is 0. The number of hydrogen-bond acceptors (Lipinski definition) is 1. The van der Waals surface area contributed by atoms with E-state index in [2.05, 4.69) is 53.7 Å². The van der Waals surface area contributed by atoms with Gasteiger partial charge in [0.05, 0.1) is 0 Å². The number of carbonyl (C=O) groups is 1. The highest BCUT2D eigenvalue weighted by atomic mass is 16.1. The van der Waals surface area contributed by atoms with Gasteiger partial charge in [-0.1, -0.05) is 67.1 Å². The highest BCUT2D eigenvalue weighted by Gasteiger charge is 2.31. The summed E-state index contributed by atoms with van der Waals surface area (Å²) in [6.45, 7) is 0. The van der Waals surface area contributed by atoms with E-state index in [1.165, 1.54) is 16.5 Å². The summed E-state index contributed by atoms with van der Waals surface area (Å²) in [5.74, 6) is 0.635. The molecule has 2 unspecified atom stereocenters. The second kappa shape index (κ2) is 7.10. The quantitative estimate of drug-likeness (QED) is 0.652. The molecule has 1 N–H and O–H groups in total. The molecule has 2 heteroatoms. The van der Waals surface area contributed by atoms with Crippen molar-refractivity contribution in [3.63, 3.8) is 0 Å². The normalized spacial score (nSPS) is 19.5. The molecule has 0 radical (unpaired) electrons. The molecule has 2 aromatic carbocycles. The second-order valence-electron chi connectivity index (χ2n) is 6.90. The van der Waals surface area contributed by atoms with Crippen molar-refractivity contribution in [2.24, 2.45) is 5.92 Å². The minimum absolute atomic E-state index is 0.0907. The number of carbonyl (C=O) groups excluding carboxylic acids is 1. The molecule has 25 heavy (non-hydrogen) atoms. The van der Waals surface area contributed by atoms with Gasteiger partial charge in [0, 0.05) is 35.4 Å². The molecule has 1 aromatic heterocycles. The van der Waals surface area contributed by atoms with Gasteiger partial charge < -0.3 is 4.98 Å². The second-order valence-corrected chi connectivity index (χ2v) is 6.90. The van der Waals surface area contributed by atoms with Crippen LogP contribution in [0.1, 0.15) is 42.7 Å². The van der Waals surface area contributed by atoms with Crippen LogP contribution in [0, 0.1) is 5.92 Å². The van der Waals surface area contributed by atoms with Gasteiger partial charge in [0.2, 0.25) is 0 Å². The van der Waals surface area contributed by atoms with Crippen LogP contribution >= 0.6 is 0 Å². The van der Waals surface area contributed by atoms with Crippen LogP contribution in [-0.4, -0.2) is 10.8 Å². The Kier molecular flexibility index (Phi) is 4.51. The molecule has 2 nitrogen and oxygen atoms in total. The standard InChI is InChI=1S/C23H23NO/c25-23-13-7-5-11-20(23)18(15-14-17-8-2-1-3-9-17)21-16-24-22-12-6-4-10-19(21)22/h1-4,6,8-10,12,14-16,18,20,24H,5,7,11,13H2/b15-14+. The molecule has 1 aliphatic rings. The fourth-order valence-corrected chi connectivity index (χ4v) is 3.99. The number of nitrogens with one attached hydrogen (secondary N) is 1. The zero-order chi connectivity index (χ0) is 17.1. The topological polar surface area (TPSA) is 32.9 Å². The molecule has 0 spiro atoms. The third-order valence-corrected chi connectivity index (χ3v) is 5.31. The molecular weight excluding hydrogens is 306 g/mol. The summed E-state index contributed by atoms with van der Waals surface area (Å²) in [4.78, 5) is 16.0. The molecule has 1 fully saturated rings. The van der Waals surface area contributed by atoms with Crippen molar-refractivity contribution in [1.29, 1.82) is 0 Å². The third kappa shape index (κ3) is 3.30. The van der Waals surface area contributed by atoms with Crippen molar-refractivity contribution < 1.29 is 4.79 Å². The Bertz CT molecular complexity index is 891. The Hall–Kier alpha value is -2.61. The first-order valence-corrected chi connectivity index (χ1v) is 9.15. The number of ketones is 1. The lowest BCUT2D eigenvalue weighted by Gasteiger charge is -2.27. The number of aromatic nitrogens is 1. The Labute approximate surface area is 148 Å². The number of benzene rings is 2. The minimum Gasteiger partial charge on any atom is -0.361 e. The lowest BCUT2D eigenvalue weighted by molar-refractivity contribution is -0.124. The molecule has 1 saturated carbocycles. The lowest BCUT2D eigenvalue weighted by Crippen LogP contribution is -2.24. The number of para-hydroxylation sites is 1. The fraction of sp³-hybridized carbons (Fsp3) is 0.261. The highest BCUT2D eigenvalue weighted by molar-refractivity contribution is 5.87. The van der Waals surface area contributed by atoms with Crippen molar-refractivity contribution in [3.8, 4) is 0 Å². The maximum Gasteiger partial charge on any atom is 0.136 e. The van der Waals surface area contributed by atoms with Gasteiger partial charge in [0.15, 0.2) is 0 Å². The molecule has 0 bridgehead atoms. The predicted molar refractivity (Wildman–Crippen MR) is 103 cm³/mol. The van der Waals surface area contributed by atoms with Crippen molar-refractivity contribution in [3.05, 3.63) is 78.0 Å². The molecule has 3 aromatic rings. The zero-order valence-corrected chi connectivity index (χ0v) is 14.3. The number of fused-ring (bicyclic) bond motifs is 1. The molecule has 1 aliphatic carbocycles. The largest absolute Gasteiger partial charge is 0.361 e. The number of hydrogen-bond donors (Lipinski definition) is 1. The molecule has 0 saturated heterocycles. The van der Waals surface area contributed by atoms with Crippen molar-refractivity contribution in [1.82, 2.24) is 4.98 Å². The van der Waals surface area contributed by atoms with E-state index in [1.807, 2.05) is 24.3 Å². The van der Waals surface area contributed by atoms with E-state index in [0.29, 0.717) is 5.78 Å². The van der Waals surface area contributed by atoms with Gasteiger partial charge in [-0.3, -0.25) is 4.79 Å². The van der Waals surface area contributed by atoms with E-state index < -0.39 is 0 Å². The van der Waals surface area contributed by atoms with Gasteiger partial charge in [-0.2, -0.15) is 0 Å². The van der Waals surface area contributed by atoms with Crippen molar-refractivity contribution >= 4 is 22.8 Å². The van der Waals surface area contributed by atoms with Crippen LogP contribution in [0.5, 0.6) is 0 Å². The minimum atomic E-state index is 0.0907. The summed E-state index contributed by atoms with van der Waals surface area (Å²) in [5, 5.41) is 1.23. The van der Waals surface area contributed by atoms with Crippen LogP contribution in [0.25, 0.3) is 17.0 Å². The summed E-state index contributed by atoms with van der Waals surface area (Å²) in [6, 6.07) is 18.7. The Balaban J connectivity index is 1.75. The average Bonchev–Trinajstić information content (AvgIpc) is 3.08. The first kappa shape index (κ1) is 15.9. The van der Waals surface area contributed by atoms with E-state index in [4.69, 9.17) is 0 Å². The molecule has 2 atom stereocenters. The smallest absolute Gasteiger partial charge is 0.136 e. The predicted octanol–water partition coefficient (Wildman–Crippen LogP) is 5.72. The molecule has 0 amide bonds. The maximum absolute atomic E-state index is 12.6. The van der Waals surface area contributed by atoms with Gasteiger partial charge in [0.25, 0.3) is 0 Å². The van der Waals surface area contributed by atoms with E-state index in [-0.39, 0.29) is 11.8 Å². The monoisotopic (exact) mass is 329 g/mol. The zero-order valence-electron chi connectivity index (χ0n) is 14.3. The maximum atomic E-state index is 12.6. The van der Waals surface area contributed by atoms with Crippen LogP contribution in [0.2, 0.25) is 0 Å². The van der Waals surface area contributed by atoms with Crippen LogP contribution in [0.15, 0.2) is 66.9 Å². The van der Waals surface area contributed by atoms with Gasteiger partial charge in [0.1, 0.15) is 5.78 Å². The summed E-state index contributed by atoms with van der Waals surface area (Å²) in [7, 11) is 0. The molecule has 126 valence electrons. The summed E-state index contributed by atoms with van der Waals surface area (Å²) in [5.41, 5.74) is 3.55. The van der Waals surface area contributed by atoms with Gasteiger partial charge in [-0.25, -0.2) is 0 Å². The number of H-pyrrole nitrogens is 1. The van der Waals surface area contributed by atoms with E-state index in [0.717, 1.165) is 31.2 Å². The molecular formula is C23H23NO. The summed E-state index contributed by atoms with van der Waals surface area (Å²) >= 11 is 0. The molecule has 4 rings (SSSR count). The van der Waals surface area contributed by atoms with Crippen molar-refractivity contribution in [2.75, 3.05) is 0 Å². The van der Waals surface area contributed by atoms with E-state index in [1.54, 1.807) is 0 Å². The van der Waals surface area contributed by atoms with Crippen LogP contribution in [0.4, 0.5) is 0 Å². The number of rotatable bonds is 4. The van der Waals surface area contributed by atoms with Crippen LogP contribution in [0.3, 0.4) is 0 Å². The van der Waals surface area contributed by atoms with E-state index in [9.17, 15) is 4.79 Å². The Morgan fingerprint density at radius 1 is 1.00 bits per heavy atom. The third-order valence-electron chi connectivity index (χ3n) is 5.31. The number of Topliss-reactive ketones (excluding diaryl/α,β-unsaturated/α-hetero) is 1. The highest BCUT2D eigenvalue weighted by Crippen LogP contribution is 2.38. The van der Waals surface area contributed by atoms with Gasteiger partial charge in [-0.15, -0.1) is 0 Å². The number of aromatic amines is 1. The van der Waals surface area contributed by atoms with Gasteiger partial charge in [-0.05, 0) is 30.0 Å². The Morgan fingerprint density at radius 3 is 2.64 bits per heavy atom. The first-order valence-electron chi connectivity index (χ1n) is 9.15. The fourth-order valence-electron chi connectivity index (χ4n) is 3.99. The lowest BCUT2D eigenvalue weighted by atomic mass is 9.75. The van der Waals surface area contributed by atoms with Crippen LogP contribution in [-0.2, 0) is 4.79 Å². The molecule has 0 aliphatic heterocycles. The van der Waals surface area contributed by atoms with E-state index >= 15 is 0 Å². The molecule has 1 heterocycles. The Morgan fingerprint density at radius 2 is 1.80 bits per heavy atom. The summed E-state index contributed by atoms with van der Waals surface area (Å²) in [6.07, 6.45) is 10.4. The van der Waals surface area contributed by atoms with Gasteiger partial charge >= 0.3 is 0 Å². The van der Waals surface area contributed by atoms with Crippen LogP contribution < -0.4 is 0 Å².